The van der Waals surface area contributed by atoms with E-state index in [2.05, 4.69) is 0 Å². The second-order valence-corrected chi connectivity index (χ2v) is 1.34. The van der Waals surface area contributed by atoms with Gasteiger partial charge >= 0.3 is 70.2 Å². The second kappa shape index (κ2) is 7.36. The summed E-state index contributed by atoms with van der Waals surface area (Å²) in [6, 6.07) is 8.71. The summed E-state index contributed by atoms with van der Waals surface area (Å²) in [5, 5.41) is 8.63. The zero-order chi connectivity index (χ0) is 5.11. The van der Waals surface area contributed by atoms with Gasteiger partial charge in [-0.05, 0) is 12.1 Å². The van der Waals surface area contributed by atoms with Gasteiger partial charge in [0.25, 0.3) is 0 Å². The van der Waals surface area contributed by atoms with E-state index in [4.69, 9.17) is 5.11 Å². The standard InChI is InChI=1S/C6H6O.K.Li.2H/c7-6-4-2-1-3-5-6;;;;/h1-5,7H;;;;/q;2*+1;2*-1. The van der Waals surface area contributed by atoms with Crippen LogP contribution in [0.1, 0.15) is 2.85 Å². The van der Waals surface area contributed by atoms with Gasteiger partial charge in [0.1, 0.15) is 5.75 Å². The normalized spacial score (nSPS) is 6.67. The van der Waals surface area contributed by atoms with Crippen molar-refractivity contribution in [2.75, 3.05) is 0 Å². The van der Waals surface area contributed by atoms with E-state index in [-0.39, 0.29) is 73.1 Å². The Morgan fingerprint density at radius 1 is 1.11 bits per heavy atom. The van der Waals surface area contributed by atoms with E-state index in [1.165, 1.54) is 0 Å². The van der Waals surface area contributed by atoms with Crippen molar-refractivity contribution in [3.05, 3.63) is 30.3 Å². The number of hydrogen-bond acceptors (Lipinski definition) is 1. The molecule has 0 heterocycles. The van der Waals surface area contributed by atoms with Crippen LogP contribution in [0.25, 0.3) is 0 Å². The van der Waals surface area contributed by atoms with Gasteiger partial charge in [-0.2, -0.15) is 0 Å². The van der Waals surface area contributed by atoms with Crippen molar-refractivity contribution < 1.29 is 78.2 Å². The van der Waals surface area contributed by atoms with E-state index in [1.807, 2.05) is 6.07 Å². The minimum atomic E-state index is 0. The van der Waals surface area contributed by atoms with Crippen LogP contribution < -0.4 is 70.2 Å². The monoisotopic (exact) mass is 142 g/mol. The van der Waals surface area contributed by atoms with Crippen molar-refractivity contribution in [2.45, 2.75) is 0 Å². The fourth-order valence-electron chi connectivity index (χ4n) is 0.428. The molecule has 0 amide bonds. The van der Waals surface area contributed by atoms with Gasteiger partial charge in [-0.15, -0.1) is 0 Å². The average Bonchev–Trinajstić information content (AvgIpc) is 1.69. The molecule has 0 bridgehead atoms. The summed E-state index contributed by atoms with van der Waals surface area (Å²) in [5.74, 6) is 0.322. The molecule has 1 nitrogen and oxygen atoms in total. The van der Waals surface area contributed by atoms with Crippen LogP contribution in [0.5, 0.6) is 5.75 Å². The van der Waals surface area contributed by atoms with E-state index < -0.39 is 0 Å². The third kappa shape index (κ3) is 5.69. The molecule has 0 aliphatic carbocycles. The van der Waals surface area contributed by atoms with Crippen LogP contribution >= 0.6 is 0 Å². The van der Waals surface area contributed by atoms with Crippen LogP contribution in [-0.4, -0.2) is 5.11 Å². The molecule has 0 unspecified atom stereocenters. The first-order chi connectivity index (χ1) is 3.39. The van der Waals surface area contributed by atoms with Crippen molar-refractivity contribution in [3.63, 3.8) is 0 Å². The number of rotatable bonds is 0. The first-order valence-corrected chi connectivity index (χ1v) is 2.13. The van der Waals surface area contributed by atoms with Crippen molar-refractivity contribution >= 4 is 0 Å². The molecule has 0 spiro atoms. The van der Waals surface area contributed by atoms with Crippen molar-refractivity contribution in [2.24, 2.45) is 0 Å². The third-order valence-electron chi connectivity index (χ3n) is 0.756. The minimum absolute atomic E-state index is 0. The Bertz CT molecular complexity index is 151. The summed E-state index contributed by atoms with van der Waals surface area (Å²) in [5.41, 5.74) is 0. The fraction of sp³-hybridized carbons (Fsp3) is 0. The van der Waals surface area contributed by atoms with E-state index in [1.54, 1.807) is 24.3 Å². The summed E-state index contributed by atoms with van der Waals surface area (Å²) in [6.07, 6.45) is 0. The maximum absolute atomic E-state index is 8.63. The molecule has 40 valence electrons. The topological polar surface area (TPSA) is 20.2 Å². The Kier molecular flexibility index (Phi) is 10.5. The largest absolute Gasteiger partial charge is 1.00 e. The Morgan fingerprint density at radius 2 is 1.56 bits per heavy atom. The maximum atomic E-state index is 8.63. The van der Waals surface area contributed by atoms with Gasteiger partial charge < -0.3 is 7.96 Å². The summed E-state index contributed by atoms with van der Waals surface area (Å²) >= 11 is 0. The summed E-state index contributed by atoms with van der Waals surface area (Å²) in [7, 11) is 0. The average molecular weight is 142 g/mol. The zero-order valence-corrected chi connectivity index (χ0v) is 8.96. The van der Waals surface area contributed by atoms with Gasteiger partial charge in [-0.1, -0.05) is 18.2 Å². The number of phenolic OH excluding ortho intramolecular Hbond substituents is 1. The molecule has 0 atom stereocenters. The molecule has 0 fully saturated rings. The molecule has 1 rings (SSSR count). The molecule has 1 aromatic carbocycles. The molecule has 0 saturated heterocycles. The number of aromatic hydroxyl groups is 1. The molecule has 1 aromatic rings. The van der Waals surface area contributed by atoms with Crippen molar-refractivity contribution in [1.82, 2.24) is 0 Å². The van der Waals surface area contributed by atoms with Crippen molar-refractivity contribution in [3.8, 4) is 5.75 Å². The molecule has 9 heavy (non-hydrogen) atoms. The van der Waals surface area contributed by atoms with E-state index in [9.17, 15) is 0 Å². The van der Waals surface area contributed by atoms with Crippen LogP contribution in [0.15, 0.2) is 30.3 Å². The Hall–Kier alpha value is 1.25. The molecular formula is C6H8KLiO. The molecule has 0 saturated carbocycles. The number of hydrogen-bond donors (Lipinski definition) is 1. The van der Waals surface area contributed by atoms with Crippen LogP contribution in [0.4, 0.5) is 0 Å². The van der Waals surface area contributed by atoms with Gasteiger partial charge in [0.2, 0.25) is 0 Å². The number of para-hydroxylation sites is 1. The van der Waals surface area contributed by atoms with Gasteiger partial charge in [-0.25, -0.2) is 0 Å². The first kappa shape index (κ1) is 12.9. The summed E-state index contributed by atoms with van der Waals surface area (Å²) in [4.78, 5) is 0. The molecule has 1 N–H and O–H groups in total. The number of phenols is 1. The van der Waals surface area contributed by atoms with E-state index in [0.29, 0.717) is 5.75 Å². The minimum Gasteiger partial charge on any atom is -1.00 e. The Balaban J connectivity index is -0.0000000612. The Morgan fingerprint density at radius 3 is 1.78 bits per heavy atom. The van der Waals surface area contributed by atoms with Crippen molar-refractivity contribution in [1.29, 1.82) is 0 Å². The van der Waals surface area contributed by atoms with Crippen LogP contribution in [0.2, 0.25) is 0 Å². The van der Waals surface area contributed by atoms with Gasteiger partial charge in [0.15, 0.2) is 0 Å². The smallest absolute Gasteiger partial charge is 1.00 e. The SMILES string of the molecule is Oc1ccccc1.[H-].[H-].[K+].[Li+]. The molecule has 0 aliphatic rings. The fourth-order valence-corrected chi connectivity index (χ4v) is 0.428. The predicted octanol–water partition coefficient (Wildman–Crippen LogP) is -4.37. The van der Waals surface area contributed by atoms with Gasteiger partial charge in [0.05, 0.1) is 0 Å². The van der Waals surface area contributed by atoms with E-state index in [0.717, 1.165) is 0 Å². The van der Waals surface area contributed by atoms with Crippen LogP contribution in [-0.2, 0) is 0 Å². The molecule has 3 heteroatoms. The maximum Gasteiger partial charge on any atom is 1.00 e. The summed E-state index contributed by atoms with van der Waals surface area (Å²) < 4.78 is 0. The Labute approximate surface area is 112 Å². The van der Waals surface area contributed by atoms with Crippen LogP contribution in [0, 0.1) is 0 Å². The van der Waals surface area contributed by atoms with Crippen LogP contribution in [0.3, 0.4) is 0 Å². The third-order valence-corrected chi connectivity index (χ3v) is 0.756. The first-order valence-electron chi connectivity index (χ1n) is 2.13. The van der Waals surface area contributed by atoms with Gasteiger partial charge in [0, 0.05) is 0 Å². The number of benzene rings is 1. The van der Waals surface area contributed by atoms with Gasteiger partial charge in [-0.3, -0.25) is 0 Å². The molecular weight excluding hydrogens is 134 g/mol. The summed E-state index contributed by atoms with van der Waals surface area (Å²) in [6.45, 7) is 0. The second-order valence-electron chi connectivity index (χ2n) is 1.34. The molecule has 0 radical (unpaired) electrons. The molecule has 0 aromatic heterocycles. The zero-order valence-electron chi connectivity index (χ0n) is 7.83. The van der Waals surface area contributed by atoms with E-state index >= 15 is 0 Å². The quantitative estimate of drug-likeness (QED) is 0.363. The predicted molar refractivity (Wildman–Crippen MR) is 30.3 cm³/mol. The molecule has 0 aliphatic heterocycles.